The lowest BCUT2D eigenvalue weighted by Gasteiger charge is -2.15. The summed E-state index contributed by atoms with van der Waals surface area (Å²) in [5, 5.41) is 9.99. The molecule has 0 aliphatic carbocycles. The van der Waals surface area contributed by atoms with Gasteiger partial charge in [-0.05, 0) is 18.2 Å². The molecule has 0 saturated heterocycles. The van der Waals surface area contributed by atoms with Crippen molar-refractivity contribution >= 4 is 0 Å². The fourth-order valence-electron chi connectivity index (χ4n) is 1.81. The Morgan fingerprint density at radius 3 is 2.33 bits per heavy atom. The normalized spacial score (nSPS) is 11.5. The van der Waals surface area contributed by atoms with Crippen LogP contribution in [0.2, 0.25) is 0 Å². The molecule has 1 unspecified atom stereocenters. The summed E-state index contributed by atoms with van der Waals surface area (Å²) in [6.07, 6.45) is 4.08. The summed E-state index contributed by atoms with van der Waals surface area (Å²) in [7, 11) is 0. The maximum absolute atomic E-state index is 13.5. The molecule has 0 radical (unpaired) electrons. The summed E-state index contributed by atoms with van der Waals surface area (Å²) >= 11 is 0. The van der Waals surface area contributed by atoms with Gasteiger partial charge in [0.1, 0.15) is 25.1 Å². The average molecular weight is 286 g/mol. The quantitative estimate of drug-likeness (QED) is 0.830. The largest absolute Gasteiger partial charge is 0.487 e. The molecule has 108 valence electrons. The number of halogens is 1. The maximum Gasteiger partial charge on any atom is 0.162 e. The molecule has 0 aliphatic rings. The summed E-state index contributed by atoms with van der Waals surface area (Å²) < 4.78 is 24.4. The molecular formula is C17H15FO3. The van der Waals surface area contributed by atoms with Crippen LogP contribution in [0.4, 0.5) is 4.39 Å². The molecule has 0 aliphatic heterocycles. The topological polar surface area (TPSA) is 38.7 Å². The highest BCUT2D eigenvalue weighted by atomic mass is 19.1. The van der Waals surface area contributed by atoms with Gasteiger partial charge in [0.05, 0.1) is 0 Å². The number of ether oxygens (including phenoxy) is 2. The Morgan fingerprint density at radius 1 is 1.05 bits per heavy atom. The molecule has 2 aromatic rings. The predicted molar refractivity (Wildman–Crippen MR) is 77.6 cm³/mol. The first kappa shape index (κ1) is 14.9. The summed E-state index contributed by atoms with van der Waals surface area (Å²) in [5.41, 5.74) is 0.194. The van der Waals surface area contributed by atoms with Gasteiger partial charge < -0.3 is 14.6 Å². The summed E-state index contributed by atoms with van der Waals surface area (Å²) in [6, 6.07) is 13.0. The van der Waals surface area contributed by atoms with Crippen molar-refractivity contribution in [1.82, 2.24) is 0 Å². The van der Waals surface area contributed by atoms with E-state index in [9.17, 15) is 9.50 Å². The van der Waals surface area contributed by atoms with Crippen LogP contribution in [-0.4, -0.2) is 18.3 Å². The summed E-state index contributed by atoms with van der Waals surface area (Å²) in [4.78, 5) is 0. The first-order chi connectivity index (χ1) is 10.2. The highest BCUT2D eigenvalue weighted by Gasteiger charge is 2.14. The van der Waals surface area contributed by atoms with E-state index < -0.39 is 11.9 Å². The SMILES string of the molecule is C#CCOc1ccccc1OCC(O)c1ccccc1F. The number of hydrogen-bond donors (Lipinski definition) is 1. The zero-order valence-electron chi connectivity index (χ0n) is 11.3. The Labute approximate surface area is 122 Å². The fourth-order valence-corrected chi connectivity index (χ4v) is 1.81. The number of aliphatic hydroxyl groups is 1. The van der Waals surface area contributed by atoms with Gasteiger partial charge in [-0.2, -0.15) is 0 Å². The van der Waals surface area contributed by atoms with E-state index in [-0.39, 0.29) is 18.8 Å². The van der Waals surface area contributed by atoms with E-state index in [4.69, 9.17) is 15.9 Å². The first-order valence-electron chi connectivity index (χ1n) is 6.43. The number of hydrogen-bond acceptors (Lipinski definition) is 3. The molecule has 0 bridgehead atoms. The zero-order valence-corrected chi connectivity index (χ0v) is 11.3. The van der Waals surface area contributed by atoms with Gasteiger partial charge in [-0.3, -0.25) is 0 Å². The van der Waals surface area contributed by atoms with Gasteiger partial charge in [0.15, 0.2) is 11.5 Å². The summed E-state index contributed by atoms with van der Waals surface area (Å²) in [5.74, 6) is 2.83. The van der Waals surface area contributed by atoms with Crippen LogP contribution in [0.25, 0.3) is 0 Å². The zero-order chi connectivity index (χ0) is 15.1. The minimum absolute atomic E-state index is 0.0860. The molecule has 2 aromatic carbocycles. The minimum Gasteiger partial charge on any atom is -0.487 e. The molecule has 1 atom stereocenters. The fraction of sp³-hybridized carbons (Fsp3) is 0.176. The Bertz CT molecular complexity index is 634. The molecule has 0 aromatic heterocycles. The third-order valence-corrected chi connectivity index (χ3v) is 2.82. The van der Waals surface area contributed by atoms with Crippen molar-refractivity contribution in [2.75, 3.05) is 13.2 Å². The number of terminal acetylenes is 1. The van der Waals surface area contributed by atoms with Crippen LogP contribution in [-0.2, 0) is 0 Å². The average Bonchev–Trinajstić information content (AvgIpc) is 2.52. The molecule has 0 saturated carbocycles. The molecule has 21 heavy (non-hydrogen) atoms. The Balaban J connectivity index is 2.03. The van der Waals surface area contributed by atoms with Crippen LogP contribution in [0.5, 0.6) is 11.5 Å². The maximum atomic E-state index is 13.5. The van der Waals surface area contributed by atoms with Gasteiger partial charge in [0.25, 0.3) is 0 Å². The van der Waals surface area contributed by atoms with E-state index in [1.54, 1.807) is 36.4 Å². The van der Waals surface area contributed by atoms with Gasteiger partial charge in [-0.1, -0.05) is 36.3 Å². The van der Waals surface area contributed by atoms with Gasteiger partial charge >= 0.3 is 0 Å². The van der Waals surface area contributed by atoms with E-state index in [2.05, 4.69) is 5.92 Å². The number of aliphatic hydroxyl groups excluding tert-OH is 1. The molecule has 0 amide bonds. The summed E-state index contributed by atoms with van der Waals surface area (Å²) in [6.45, 7) is 0.0353. The van der Waals surface area contributed by atoms with Gasteiger partial charge in [-0.25, -0.2) is 4.39 Å². The van der Waals surface area contributed by atoms with Crippen molar-refractivity contribution in [2.24, 2.45) is 0 Å². The van der Waals surface area contributed by atoms with E-state index in [1.807, 2.05) is 0 Å². The highest BCUT2D eigenvalue weighted by molar-refractivity contribution is 5.39. The Hall–Kier alpha value is -2.51. The molecule has 2 rings (SSSR count). The van der Waals surface area contributed by atoms with Crippen LogP contribution in [0.1, 0.15) is 11.7 Å². The van der Waals surface area contributed by atoms with Crippen molar-refractivity contribution in [3.05, 3.63) is 59.9 Å². The van der Waals surface area contributed by atoms with Gasteiger partial charge in [0.2, 0.25) is 0 Å². The van der Waals surface area contributed by atoms with Crippen molar-refractivity contribution < 1.29 is 19.0 Å². The third-order valence-electron chi connectivity index (χ3n) is 2.82. The van der Waals surface area contributed by atoms with E-state index in [0.29, 0.717) is 11.5 Å². The minimum atomic E-state index is -1.06. The van der Waals surface area contributed by atoms with E-state index in [0.717, 1.165) is 0 Å². The van der Waals surface area contributed by atoms with Gasteiger partial charge in [-0.15, -0.1) is 6.42 Å². The number of rotatable bonds is 6. The molecule has 0 spiro atoms. The van der Waals surface area contributed by atoms with Crippen LogP contribution in [0, 0.1) is 18.2 Å². The van der Waals surface area contributed by atoms with Gasteiger partial charge in [0, 0.05) is 5.56 Å². The monoisotopic (exact) mass is 286 g/mol. The molecule has 1 N–H and O–H groups in total. The molecule has 3 nitrogen and oxygen atoms in total. The Kier molecular flexibility index (Phi) is 5.19. The standard InChI is InChI=1S/C17H15FO3/c1-2-11-20-16-9-5-6-10-17(16)21-12-15(19)13-7-3-4-8-14(13)18/h1,3-10,15,19H,11-12H2. The lowest BCUT2D eigenvalue weighted by molar-refractivity contribution is 0.103. The molecule has 0 fully saturated rings. The van der Waals surface area contributed by atoms with E-state index >= 15 is 0 Å². The van der Waals surface area contributed by atoms with Crippen molar-refractivity contribution in [1.29, 1.82) is 0 Å². The molecular weight excluding hydrogens is 271 g/mol. The Morgan fingerprint density at radius 2 is 1.67 bits per heavy atom. The molecule has 0 heterocycles. The first-order valence-corrected chi connectivity index (χ1v) is 6.43. The molecule has 4 heteroatoms. The van der Waals surface area contributed by atoms with Crippen molar-refractivity contribution in [2.45, 2.75) is 6.10 Å². The number of para-hydroxylation sites is 2. The van der Waals surface area contributed by atoms with Crippen LogP contribution in [0.3, 0.4) is 0 Å². The van der Waals surface area contributed by atoms with Crippen molar-refractivity contribution in [3.8, 4) is 23.8 Å². The second-order valence-electron chi connectivity index (χ2n) is 4.29. The smallest absolute Gasteiger partial charge is 0.162 e. The van der Waals surface area contributed by atoms with E-state index in [1.165, 1.54) is 12.1 Å². The lowest BCUT2D eigenvalue weighted by atomic mass is 10.1. The van der Waals surface area contributed by atoms with Crippen molar-refractivity contribution in [3.63, 3.8) is 0 Å². The predicted octanol–water partition coefficient (Wildman–Crippen LogP) is 2.95. The highest BCUT2D eigenvalue weighted by Crippen LogP contribution is 2.27. The van der Waals surface area contributed by atoms with Crippen LogP contribution >= 0.6 is 0 Å². The van der Waals surface area contributed by atoms with Crippen LogP contribution in [0.15, 0.2) is 48.5 Å². The van der Waals surface area contributed by atoms with Crippen LogP contribution < -0.4 is 9.47 Å². The third kappa shape index (κ3) is 3.98. The second-order valence-corrected chi connectivity index (χ2v) is 4.29. The lowest BCUT2D eigenvalue weighted by Crippen LogP contribution is -2.11. The number of benzene rings is 2. The second kappa shape index (κ2) is 7.32.